The molecular formula is C32H28. The first-order valence-corrected chi connectivity index (χ1v) is 11.7. The van der Waals surface area contributed by atoms with E-state index in [1.165, 1.54) is 44.5 Å². The van der Waals surface area contributed by atoms with Crippen molar-refractivity contribution in [2.24, 2.45) is 5.92 Å². The van der Waals surface area contributed by atoms with Gasteiger partial charge >= 0.3 is 0 Å². The Hall–Kier alpha value is -3.38. The van der Waals surface area contributed by atoms with Gasteiger partial charge in [0.2, 0.25) is 0 Å². The van der Waals surface area contributed by atoms with Crippen molar-refractivity contribution in [1.82, 2.24) is 0 Å². The summed E-state index contributed by atoms with van der Waals surface area (Å²) in [4.78, 5) is 0. The van der Waals surface area contributed by atoms with Crippen molar-refractivity contribution in [2.45, 2.75) is 31.6 Å². The summed E-state index contributed by atoms with van der Waals surface area (Å²) in [7, 11) is 0. The number of hydrogen-bond donors (Lipinski definition) is 0. The summed E-state index contributed by atoms with van der Waals surface area (Å²) in [5.74, 6) is 0.912. The summed E-state index contributed by atoms with van der Waals surface area (Å²) < 4.78 is 0. The van der Waals surface area contributed by atoms with Gasteiger partial charge in [-0.3, -0.25) is 0 Å². The quantitative estimate of drug-likeness (QED) is 0.397. The van der Waals surface area contributed by atoms with E-state index in [1.54, 1.807) is 0 Å². The summed E-state index contributed by atoms with van der Waals surface area (Å²) in [5.41, 5.74) is 11.1. The molecule has 6 rings (SSSR count). The first kappa shape index (κ1) is 19.3. The molecule has 0 nitrogen and oxygen atoms in total. The summed E-state index contributed by atoms with van der Waals surface area (Å²) in [6, 6.07) is 26.9. The maximum atomic E-state index is 2.45. The smallest absolute Gasteiger partial charge is 0.0221 e. The predicted molar refractivity (Wildman–Crippen MR) is 136 cm³/mol. The van der Waals surface area contributed by atoms with Gasteiger partial charge in [0.05, 0.1) is 0 Å². The van der Waals surface area contributed by atoms with Crippen LogP contribution < -0.4 is 0 Å². The Morgan fingerprint density at radius 1 is 0.844 bits per heavy atom. The molecule has 0 heterocycles. The van der Waals surface area contributed by atoms with Crippen LogP contribution in [0.25, 0.3) is 22.3 Å². The molecule has 0 spiro atoms. The average Bonchev–Trinajstić information content (AvgIpc) is 2.84. The van der Waals surface area contributed by atoms with E-state index in [-0.39, 0.29) is 5.41 Å². The summed E-state index contributed by atoms with van der Waals surface area (Å²) >= 11 is 0. The van der Waals surface area contributed by atoms with Gasteiger partial charge in [0, 0.05) is 11.3 Å². The van der Waals surface area contributed by atoms with Crippen LogP contribution in [0.15, 0.2) is 109 Å². The number of benzene rings is 3. The SMILES string of the molecule is CC1C=C(c2ccc3c(c2)C2=CC=CCC2(C)c2ccccc2-3)C=CC1c1ccccc1. The molecule has 0 heteroatoms. The third kappa shape index (κ3) is 2.90. The minimum Gasteiger partial charge on any atom is -0.0833 e. The van der Waals surface area contributed by atoms with Crippen LogP contribution in [0.4, 0.5) is 0 Å². The van der Waals surface area contributed by atoms with Crippen LogP contribution in [-0.2, 0) is 5.41 Å². The van der Waals surface area contributed by atoms with Gasteiger partial charge in [-0.25, -0.2) is 0 Å². The van der Waals surface area contributed by atoms with Crippen molar-refractivity contribution >= 4 is 11.1 Å². The highest BCUT2D eigenvalue weighted by molar-refractivity contribution is 5.95. The molecule has 0 saturated heterocycles. The van der Waals surface area contributed by atoms with Crippen LogP contribution in [0, 0.1) is 5.92 Å². The van der Waals surface area contributed by atoms with Crippen LogP contribution in [0.3, 0.4) is 0 Å². The van der Waals surface area contributed by atoms with E-state index in [2.05, 4.69) is 123 Å². The van der Waals surface area contributed by atoms with E-state index in [4.69, 9.17) is 0 Å². The van der Waals surface area contributed by atoms with Crippen molar-refractivity contribution in [3.63, 3.8) is 0 Å². The van der Waals surface area contributed by atoms with Gasteiger partial charge < -0.3 is 0 Å². The van der Waals surface area contributed by atoms with Crippen LogP contribution in [-0.4, -0.2) is 0 Å². The number of hydrogen-bond acceptors (Lipinski definition) is 0. The van der Waals surface area contributed by atoms with Crippen LogP contribution >= 0.6 is 0 Å². The Balaban J connectivity index is 1.44. The number of fused-ring (bicyclic) bond motifs is 6. The number of rotatable bonds is 2. The summed E-state index contributed by atoms with van der Waals surface area (Å²) in [6.45, 7) is 4.74. The molecule has 0 fully saturated rings. The summed E-state index contributed by atoms with van der Waals surface area (Å²) in [5, 5.41) is 0. The van der Waals surface area contributed by atoms with Crippen molar-refractivity contribution in [3.8, 4) is 11.1 Å². The molecule has 3 aliphatic carbocycles. The fourth-order valence-corrected chi connectivity index (χ4v) is 5.89. The lowest BCUT2D eigenvalue weighted by atomic mass is 9.62. The minimum atomic E-state index is 0.0411. The second-order valence-corrected chi connectivity index (χ2v) is 9.63. The van der Waals surface area contributed by atoms with Gasteiger partial charge in [-0.2, -0.15) is 0 Å². The largest absolute Gasteiger partial charge is 0.0833 e. The average molecular weight is 413 g/mol. The maximum absolute atomic E-state index is 2.45. The third-order valence-corrected chi connectivity index (χ3v) is 7.65. The predicted octanol–water partition coefficient (Wildman–Crippen LogP) is 8.34. The Morgan fingerprint density at radius 2 is 1.66 bits per heavy atom. The molecule has 0 aromatic heterocycles. The molecule has 0 aliphatic heterocycles. The highest BCUT2D eigenvalue weighted by Gasteiger charge is 2.39. The second kappa shape index (κ2) is 7.35. The molecule has 0 saturated carbocycles. The lowest BCUT2D eigenvalue weighted by molar-refractivity contribution is 0.618. The van der Waals surface area contributed by atoms with Gasteiger partial charge in [0.1, 0.15) is 0 Å². The molecule has 3 aromatic rings. The normalized spacial score (nSPS) is 25.3. The molecule has 156 valence electrons. The molecule has 0 bridgehead atoms. The van der Waals surface area contributed by atoms with Gasteiger partial charge in [0.25, 0.3) is 0 Å². The van der Waals surface area contributed by atoms with Crippen LogP contribution in [0.2, 0.25) is 0 Å². The Bertz CT molecular complexity index is 1320. The maximum Gasteiger partial charge on any atom is 0.0221 e. The standard InChI is InChI=1S/C32H28/c1-22-20-24(15-17-26(22)23-10-4-3-5-11-23)25-16-18-27-28-12-6-7-13-30(28)32(2)19-9-8-14-31(32)29(27)21-25/h3-18,20-22,26H,19H2,1-2H3. The highest BCUT2D eigenvalue weighted by atomic mass is 14.4. The Labute approximate surface area is 191 Å². The lowest BCUT2D eigenvalue weighted by Crippen LogP contribution is -2.29. The Morgan fingerprint density at radius 3 is 2.50 bits per heavy atom. The van der Waals surface area contributed by atoms with Crippen molar-refractivity contribution in [1.29, 1.82) is 0 Å². The lowest BCUT2D eigenvalue weighted by Gasteiger charge is -2.41. The first-order chi connectivity index (χ1) is 15.6. The fraction of sp³-hybridized carbons (Fsp3) is 0.188. The van der Waals surface area contributed by atoms with E-state index in [1.807, 2.05) is 0 Å². The van der Waals surface area contributed by atoms with E-state index in [0.717, 1.165) is 6.42 Å². The minimum absolute atomic E-state index is 0.0411. The number of allylic oxidation sites excluding steroid dienone is 8. The van der Waals surface area contributed by atoms with E-state index in [0.29, 0.717) is 11.8 Å². The molecular weight excluding hydrogens is 384 g/mol. The topological polar surface area (TPSA) is 0 Å². The van der Waals surface area contributed by atoms with Gasteiger partial charge in [-0.05, 0) is 62.9 Å². The highest BCUT2D eigenvalue weighted by Crippen LogP contribution is 2.53. The fourth-order valence-electron chi connectivity index (χ4n) is 5.89. The zero-order valence-electron chi connectivity index (χ0n) is 18.8. The van der Waals surface area contributed by atoms with E-state index in [9.17, 15) is 0 Å². The zero-order valence-corrected chi connectivity index (χ0v) is 18.8. The Kier molecular flexibility index (Phi) is 4.43. The summed E-state index contributed by atoms with van der Waals surface area (Å²) in [6.07, 6.45) is 15.1. The van der Waals surface area contributed by atoms with E-state index >= 15 is 0 Å². The van der Waals surface area contributed by atoms with Crippen molar-refractivity contribution < 1.29 is 0 Å². The van der Waals surface area contributed by atoms with Crippen LogP contribution in [0.5, 0.6) is 0 Å². The van der Waals surface area contributed by atoms with E-state index < -0.39 is 0 Å². The van der Waals surface area contributed by atoms with Gasteiger partial charge in [-0.15, -0.1) is 0 Å². The molecule has 32 heavy (non-hydrogen) atoms. The molecule has 3 aliphatic rings. The molecule has 3 unspecified atom stereocenters. The second-order valence-electron chi connectivity index (χ2n) is 9.63. The monoisotopic (exact) mass is 412 g/mol. The van der Waals surface area contributed by atoms with Gasteiger partial charge in [0.15, 0.2) is 0 Å². The van der Waals surface area contributed by atoms with Crippen molar-refractivity contribution in [3.05, 3.63) is 132 Å². The molecule has 0 radical (unpaired) electrons. The third-order valence-electron chi connectivity index (χ3n) is 7.65. The molecule has 3 atom stereocenters. The molecule has 0 amide bonds. The van der Waals surface area contributed by atoms with Crippen molar-refractivity contribution in [2.75, 3.05) is 0 Å². The first-order valence-electron chi connectivity index (χ1n) is 11.7. The molecule has 0 N–H and O–H groups in total. The van der Waals surface area contributed by atoms with Crippen LogP contribution in [0.1, 0.15) is 48.4 Å². The molecule has 3 aromatic carbocycles. The van der Waals surface area contributed by atoms with Gasteiger partial charge in [-0.1, -0.05) is 117 Å². The zero-order chi connectivity index (χ0) is 21.7.